The number of benzene rings is 1. The van der Waals surface area contributed by atoms with Crippen LogP contribution in [0.25, 0.3) is 0 Å². The third-order valence-corrected chi connectivity index (χ3v) is 4.21. The van der Waals surface area contributed by atoms with Gasteiger partial charge in [-0.15, -0.1) is 10.2 Å². The summed E-state index contributed by atoms with van der Waals surface area (Å²) in [5.74, 6) is 0.690. The molecular weight excluding hydrogens is 313 g/mol. The van der Waals surface area contributed by atoms with Crippen molar-refractivity contribution in [1.29, 1.82) is 0 Å². The van der Waals surface area contributed by atoms with Gasteiger partial charge < -0.3 is 9.47 Å². The van der Waals surface area contributed by atoms with Gasteiger partial charge in [0.05, 0.1) is 22.7 Å². The van der Waals surface area contributed by atoms with E-state index < -0.39 is 10.7 Å². The lowest BCUT2D eigenvalue weighted by atomic mass is 10.1. The van der Waals surface area contributed by atoms with E-state index in [-0.39, 0.29) is 11.7 Å². The maximum atomic E-state index is 14.4. The number of nitrogens with zero attached hydrogens (tertiary/aromatic N) is 5. The van der Waals surface area contributed by atoms with Crippen LogP contribution in [-0.4, -0.2) is 26.2 Å². The van der Waals surface area contributed by atoms with E-state index in [1.807, 2.05) is 9.47 Å². The number of non-ortho nitro benzene ring substituents is 1. The molecular formula is C16H20FN5O2. The fraction of sp³-hybridized carbons (Fsp3) is 0.500. The van der Waals surface area contributed by atoms with Gasteiger partial charge >= 0.3 is 0 Å². The number of halogens is 1. The van der Waals surface area contributed by atoms with Crippen molar-refractivity contribution in [3.63, 3.8) is 0 Å². The van der Waals surface area contributed by atoms with Crippen LogP contribution >= 0.6 is 0 Å². The molecule has 0 radical (unpaired) electrons. The SMILES string of the molecule is CC(C)Cn1cnnc1C1CCCN1c1ccc([N+](=O)[O-])cc1F. The number of rotatable bonds is 5. The summed E-state index contributed by atoms with van der Waals surface area (Å²) in [5, 5.41) is 19.0. The molecule has 1 aromatic heterocycles. The van der Waals surface area contributed by atoms with E-state index in [0.29, 0.717) is 18.2 Å². The van der Waals surface area contributed by atoms with Crippen LogP contribution in [0.2, 0.25) is 0 Å². The highest BCUT2D eigenvalue weighted by Gasteiger charge is 2.32. The van der Waals surface area contributed by atoms with E-state index in [1.165, 1.54) is 12.1 Å². The lowest BCUT2D eigenvalue weighted by Crippen LogP contribution is -2.26. The van der Waals surface area contributed by atoms with Gasteiger partial charge in [0.25, 0.3) is 5.69 Å². The van der Waals surface area contributed by atoms with Gasteiger partial charge in [-0.3, -0.25) is 10.1 Å². The Kier molecular flexibility index (Phi) is 4.46. The zero-order valence-corrected chi connectivity index (χ0v) is 13.7. The summed E-state index contributed by atoms with van der Waals surface area (Å²) in [6, 6.07) is 3.73. The van der Waals surface area contributed by atoms with Crippen LogP contribution in [-0.2, 0) is 6.54 Å². The first-order valence-electron chi connectivity index (χ1n) is 8.05. The molecule has 0 spiro atoms. The third-order valence-electron chi connectivity index (χ3n) is 4.21. The van der Waals surface area contributed by atoms with Gasteiger partial charge in [0.2, 0.25) is 0 Å². The first-order chi connectivity index (χ1) is 11.5. The smallest absolute Gasteiger partial charge is 0.272 e. The Morgan fingerprint density at radius 3 is 2.92 bits per heavy atom. The maximum Gasteiger partial charge on any atom is 0.272 e. The van der Waals surface area contributed by atoms with Crippen molar-refractivity contribution < 1.29 is 9.31 Å². The number of nitro groups is 1. The molecule has 0 N–H and O–H groups in total. The quantitative estimate of drug-likeness (QED) is 0.619. The van der Waals surface area contributed by atoms with Crippen LogP contribution in [0.15, 0.2) is 24.5 Å². The molecule has 1 aliphatic heterocycles. The second-order valence-corrected chi connectivity index (χ2v) is 6.48. The lowest BCUT2D eigenvalue weighted by Gasteiger charge is -2.27. The molecule has 1 unspecified atom stereocenters. The molecule has 1 aromatic carbocycles. The van der Waals surface area contributed by atoms with Crippen molar-refractivity contribution in [3.8, 4) is 0 Å². The first kappa shape index (κ1) is 16.4. The Morgan fingerprint density at radius 1 is 1.46 bits per heavy atom. The lowest BCUT2D eigenvalue weighted by molar-refractivity contribution is -0.385. The van der Waals surface area contributed by atoms with E-state index in [0.717, 1.165) is 31.3 Å². The minimum atomic E-state index is -0.590. The van der Waals surface area contributed by atoms with Crippen molar-refractivity contribution in [2.75, 3.05) is 11.4 Å². The largest absolute Gasteiger partial charge is 0.359 e. The summed E-state index contributed by atoms with van der Waals surface area (Å²) in [5.41, 5.74) is 0.136. The van der Waals surface area contributed by atoms with Crippen LogP contribution < -0.4 is 4.90 Å². The molecule has 24 heavy (non-hydrogen) atoms. The van der Waals surface area contributed by atoms with Crippen LogP contribution in [0.4, 0.5) is 15.8 Å². The highest BCUT2D eigenvalue weighted by molar-refractivity contribution is 5.54. The molecule has 0 aliphatic carbocycles. The Hall–Kier alpha value is -2.51. The topological polar surface area (TPSA) is 77.1 Å². The molecule has 1 fully saturated rings. The maximum absolute atomic E-state index is 14.4. The van der Waals surface area contributed by atoms with E-state index in [1.54, 1.807) is 6.33 Å². The zero-order chi connectivity index (χ0) is 17.3. The fourth-order valence-corrected chi connectivity index (χ4v) is 3.22. The van der Waals surface area contributed by atoms with Crippen molar-refractivity contribution in [2.45, 2.75) is 39.3 Å². The minimum absolute atomic E-state index is 0.0674. The third kappa shape index (κ3) is 3.08. The van der Waals surface area contributed by atoms with Gasteiger partial charge in [-0.25, -0.2) is 4.39 Å². The van der Waals surface area contributed by atoms with E-state index in [9.17, 15) is 14.5 Å². The standard InChI is InChI=1S/C16H20FN5O2/c1-11(2)9-20-10-18-19-16(20)15-4-3-7-21(15)14-6-5-12(22(23)24)8-13(14)17/h5-6,8,10-11,15H,3-4,7,9H2,1-2H3. The van der Waals surface area contributed by atoms with Crippen molar-refractivity contribution >= 4 is 11.4 Å². The minimum Gasteiger partial charge on any atom is -0.359 e. The van der Waals surface area contributed by atoms with Crippen molar-refractivity contribution in [1.82, 2.24) is 14.8 Å². The molecule has 128 valence electrons. The molecule has 8 heteroatoms. The monoisotopic (exact) mass is 333 g/mol. The van der Waals surface area contributed by atoms with Crippen molar-refractivity contribution in [3.05, 3.63) is 46.3 Å². The van der Waals surface area contributed by atoms with E-state index >= 15 is 0 Å². The number of hydrogen-bond acceptors (Lipinski definition) is 5. The highest BCUT2D eigenvalue weighted by atomic mass is 19.1. The van der Waals surface area contributed by atoms with Crippen LogP contribution in [0, 0.1) is 21.8 Å². The van der Waals surface area contributed by atoms with Gasteiger partial charge in [0.15, 0.2) is 11.6 Å². The molecule has 2 heterocycles. The molecule has 7 nitrogen and oxygen atoms in total. The Bertz CT molecular complexity index is 746. The average molecular weight is 333 g/mol. The van der Waals surface area contributed by atoms with Gasteiger partial charge in [0.1, 0.15) is 6.33 Å². The van der Waals surface area contributed by atoms with Gasteiger partial charge in [-0.05, 0) is 24.8 Å². The molecule has 1 aliphatic rings. The summed E-state index contributed by atoms with van der Waals surface area (Å²) < 4.78 is 16.4. The summed E-state index contributed by atoms with van der Waals surface area (Å²) >= 11 is 0. The Labute approximate surface area is 139 Å². The van der Waals surface area contributed by atoms with Gasteiger partial charge in [0, 0.05) is 19.2 Å². The summed E-state index contributed by atoms with van der Waals surface area (Å²) in [6.45, 7) is 5.72. The molecule has 1 atom stereocenters. The number of hydrogen-bond donors (Lipinski definition) is 0. The molecule has 0 amide bonds. The zero-order valence-electron chi connectivity index (χ0n) is 13.7. The van der Waals surface area contributed by atoms with Crippen LogP contribution in [0.3, 0.4) is 0 Å². The van der Waals surface area contributed by atoms with Crippen molar-refractivity contribution in [2.24, 2.45) is 5.92 Å². The van der Waals surface area contributed by atoms with Crippen LogP contribution in [0.5, 0.6) is 0 Å². The average Bonchev–Trinajstić information content (AvgIpc) is 3.15. The summed E-state index contributed by atoms with van der Waals surface area (Å²) in [7, 11) is 0. The predicted molar refractivity (Wildman–Crippen MR) is 87.2 cm³/mol. The van der Waals surface area contributed by atoms with E-state index in [2.05, 4.69) is 24.0 Å². The highest BCUT2D eigenvalue weighted by Crippen LogP contribution is 2.37. The van der Waals surface area contributed by atoms with Gasteiger partial charge in [-0.1, -0.05) is 13.8 Å². The molecule has 3 rings (SSSR count). The molecule has 1 saturated heterocycles. The van der Waals surface area contributed by atoms with Crippen LogP contribution in [0.1, 0.15) is 38.6 Å². The second kappa shape index (κ2) is 6.54. The molecule has 0 saturated carbocycles. The molecule has 0 bridgehead atoms. The summed E-state index contributed by atoms with van der Waals surface area (Å²) in [4.78, 5) is 12.1. The number of nitro benzene ring substituents is 1. The van der Waals surface area contributed by atoms with E-state index in [4.69, 9.17) is 0 Å². The second-order valence-electron chi connectivity index (χ2n) is 6.48. The number of anilines is 1. The Balaban J connectivity index is 1.92. The predicted octanol–water partition coefficient (Wildman–Crippen LogP) is 3.32. The normalized spacial score (nSPS) is 17.7. The first-order valence-corrected chi connectivity index (χ1v) is 8.05. The summed E-state index contributed by atoms with van der Waals surface area (Å²) in [6.07, 6.45) is 3.47. The number of aromatic nitrogens is 3. The molecule has 2 aromatic rings. The van der Waals surface area contributed by atoms with Gasteiger partial charge in [-0.2, -0.15) is 0 Å². The fourth-order valence-electron chi connectivity index (χ4n) is 3.22. The Morgan fingerprint density at radius 2 is 2.25 bits per heavy atom.